The van der Waals surface area contributed by atoms with E-state index in [0.717, 1.165) is 54.6 Å². The third-order valence-corrected chi connectivity index (χ3v) is 11.3. The molecule has 9 atom stereocenters. The van der Waals surface area contributed by atoms with Crippen molar-refractivity contribution in [3.05, 3.63) is 5.53 Å². The fraction of sp³-hybridized carbons (Fsp3) is 0.931. The van der Waals surface area contributed by atoms with Crippen LogP contribution in [0.2, 0.25) is 0 Å². The van der Waals surface area contributed by atoms with Crippen LogP contribution < -0.4 is 0 Å². The molecule has 0 radical (unpaired) electrons. The third kappa shape index (κ3) is 4.71. The molecule has 0 N–H and O–H groups in total. The van der Waals surface area contributed by atoms with Crippen molar-refractivity contribution in [3.63, 3.8) is 0 Å². The maximum atomic E-state index is 11.8. The van der Waals surface area contributed by atoms with Crippen LogP contribution in [0.3, 0.4) is 0 Å². The van der Waals surface area contributed by atoms with Gasteiger partial charge in [0.1, 0.15) is 6.10 Å². The predicted molar refractivity (Wildman–Crippen MR) is 133 cm³/mol. The van der Waals surface area contributed by atoms with Crippen molar-refractivity contribution < 1.29 is 14.3 Å². The zero-order valence-corrected chi connectivity index (χ0v) is 21.9. The lowest BCUT2D eigenvalue weighted by Crippen LogP contribution is -2.54. The fourth-order valence-electron chi connectivity index (χ4n) is 9.59. The Bertz CT molecular complexity index is 759. The van der Waals surface area contributed by atoms with E-state index >= 15 is 0 Å². The summed E-state index contributed by atoms with van der Waals surface area (Å²) >= 11 is 0. The largest absolute Gasteiger partial charge is 0.454 e. The van der Waals surface area contributed by atoms with E-state index < -0.39 is 5.97 Å². The molecule has 0 amide bonds. The van der Waals surface area contributed by atoms with Gasteiger partial charge in [-0.3, -0.25) is 0 Å². The lowest BCUT2D eigenvalue weighted by Gasteiger charge is -2.61. The minimum atomic E-state index is -0.507. The first-order chi connectivity index (χ1) is 15.7. The van der Waals surface area contributed by atoms with Crippen molar-refractivity contribution in [2.45, 2.75) is 118 Å². The molecule has 186 valence electrons. The van der Waals surface area contributed by atoms with Crippen LogP contribution in [0.5, 0.6) is 0 Å². The first-order valence-electron chi connectivity index (χ1n) is 14.1. The molecule has 0 bridgehead atoms. The van der Waals surface area contributed by atoms with Gasteiger partial charge in [0, 0.05) is 0 Å². The van der Waals surface area contributed by atoms with Gasteiger partial charge in [-0.1, -0.05) is 53.9 Å². The second-order valence-corrected chi connectivity index (χ2v) is 13.3. The molecule has 0 aromatic rings. The molecule has 4 heteroatoms. The summed E-state index contributed by atoms with van der Waals surface area (Å²) in [5.74, 6) is 5.44. The highest BCUT2D eigenvalue weighted by atomic mass is 16.5. The normalized spacial score (nSPS) is 43.1. The van der Waals surface area contributed by atoms with E-state index in [4.69, 9.17) is 10.3 Å². The number of ether oxygens (including phenoxy) is 1. The van der Waals surface area contributed by atoms with E-state index in [0.29, 0.717) is 16.7 Å². The predicted octanol–water partition coefficient (Wildman–Crippen LogP) is 7.32. The van der Waals surface area contributed by atoms with Crippen LogP contribution in [0, 0.1) is 52.3 Å². The summed E-state index contributed by atoms with van der Waals surface area (Å²) in [6.45, 7) is 12.5. The van der Waals surface area contributed by atoms with Gasteiger partial charge in [-0.15, -0.1) is 0 Å². The van der Waals surface area contributed by atoms with E-state index in [1.54, 1.807) is 0 Å². The molecule has 0 heterocycles. The highest BCUT2D eigenvalue weighted by Gasteiger charge is 2.60. The molecule has 0 aliphatic heterocycles. The fourth-order valence-corrected chi connectivity index (χ4v) is 9.59. The first-order valence-corrected chi connectivity index (χ1v) is 14.1. The molecule has 4 aliphatic carbocycles. The van der Waals surface area contributed by atoms with Crippen molar-refractivity contribution in [2.75, 3.05) is 0 Å². The molecule has 4 nitrogen and oxygen atoms in total. The van der Waals surface area contributed by atoms with Crippen LogP contribution in [0.4, 0.5) is 0 Å². The zero-order valence-electron chi connectivity index (χ0n) is 21.9. The van der Waals surface area contributed by atoms with Crippen LogP contribution in [0.15, 0.2) is 0 Å². The van der Waals surface area contributed by atoms with E-state index in [9.17, 15) is 4.79 Å². The van der Waals surface area contributed by atoms with Gasteiger partial charge < -0.3 is 10.3 Å². The number of hydrogen-bond donors (Lipinski definition) is 0. The Hall–Kier alpha value is -1.15. The minimum absolute atomic E-state index is 0.0125. The lowest BCUT2D eigenvalue weighted by atomic mass is 9.44. The number of hydrogen-bond acceptors (Lipinski definition) is 2. The van der Waals surface area contributed by atoms with Gasteiger partial charge in [0.05, 0.1) is 0 Å². The number of nitrogens with zero attached hydrogens (tertiary/aromatic N) is 2. The Morgan fingerprint density at radius 1 is 1.00 bits per heavy atom. The maximum Gasteiger partial charge on any atom is 0.413 e. The second kappa shape index (κ2) is 9.84. The smallest absolute Gasteiger partial charge is 0.413 e. The average molecular weight is 457 g/mol. The highest BCUT2D eigenvalue weighted by Crippen LogP contribution is 2.68. The molecule has 0 unspecified atom stereocenters. The Balaban J connectivity index is 1.41. The summed E-state index contributed by atoms with van der Waals surface area (Å²) in [4.78, 5) is 14.6. The molecule has 33 heavy (non-hydrogen) atoms. The molecule has 0 saturated heterocycles. The molecule has 4 rings (SSSR count). The molecule has 4 saturated carbocycles. The van der Waals surface area contributed by atoms with E-state index in [1.807, 2.05) is 0 Å². The third-order valence-electron chi connectivity index (χ3n) is 11.3. The lowest BCUT2D eigenvalue weighted by molar-refractivity contribution is -0.158. The maximum absolute atomic E-state index is 11.8. The van der Waals surface area contributed by atoms with Crippen molar-refractivity contribution in [1.29, 1.82) is 0 Å². The zero-order chi connectivity index (χ0) is 23.8. The second-order valence-electron chi connectivity index (χ2n) is 13.3. The van der Waals surface area contributed by atoms with Crippen LogP contribution in [0.1, 0.15) is 112 Å². The summed E-state index contributed by atoms with van der Waals surface area (Å²) in [5.41, 5.74) is 9.56. The number of esters is 1. The number of carbonyl (C=O) groups is 1. The van der Waals surface area contributed by atoms with E-state index in [2.05, 4.69) is 39.4 Å². The number of rotatable bonds is 7. The summed E-state index contributed by atoms with van der Waals surface area (Å²) in [7, 11) is 0. The van der Waals surface area contributed by atoms with E-state index in [-0.39, 0.29) is 6.10 Å². The van der Waals surface area contributed by atoms with Crippen molar-refractivity contribution in [1.82, 2.24) is 0 Å². The van der Waals surface area contributed by atoms with Crippen molar-refractivity contribution in [3.8, 4) is 0 Å². The minimum Gasteiger partial charge on any atom is -0.454 e. The van der Waals surface area contributed by atoms with Crippen LogP contribution >= 0.6 is 0 Å². The Labute approximate surface area is 202 Å². The van der Waals surface area contributed by atoms with Crippen molar-refractivity contribution >= 4 is 12.2 Å². The molecular weight excluding hydrogens is 408 g/mol. The number of fused-ring (bicyclic) bond motifs is 5. The van der Waals surface area contributed by atoms with E-state index in [1.165, 1.54) is 64.2 Å². The van der Waals surface area contributed by atoms with Crippen LogP contribution in [0.25, 0.3) is 5.53 Å². The summed E-state index contributed by atoms with van der Waals surface area (Å²) < 4.78 is 5.59. The van der Waals surface area contributed by atoms with Gasteiger partial charge >= 0.3 is 12.2 Å². The summed E-state index contributed by atoms with van der Waals surface area (Å²) in [6.07, 6.45) is 16.6. The standard InChI is InChI=1S/C29H48N2O2/c1-19(2)7-6-8-20(3)24-11-12-25-23-10-9-21-17-22(33-27(32)18-31-30)13-15-28(21,4)26(23)14-16-29(24,25)5/h18-26H,6-17H2,1-5H3/t20-,21+,22+,23+,24-,25+,26+,28+,29-/m1/s1. The molecule has 4 aliphatic rings. The van der Waals surface area contributed by atoms with Gasteiger partial charge in [0.15, 0.2) is 0 Å². The summed E-state index contributed by atoms with van der Waals surface area (Å²) in [6, 6.07) is 0. The monoisotopic (exact) mass is 456 g/mol. The van der Waals surface area contributed by atoms with Crippen LogP contribution in [-0.4, -0.2) is 23.1 Å². The first kappa shape index (κ1) is 25.0. The average Bonchev–Trinajstić information content (AvgIpc) is 3.11. The Morgan fingerprint density at radius 3 is 2.45 bits per heavy atom. The quantitative estimate of drug-likeness (QED) is 0.174. The van der Waals surface area contributed by atoms with Gasteiger partial charge in [0.2, 0.25) is 0 Å². The van der Waals surface area contributed by atoms with Gasteiger partial charge in [-0.25, -0.2) is 4.79 Å². The Kier molecular flexibility index (Phi) is 7.44. The topological polar surface area (TPSA) is 62.7 Å². The molecular formula is C29H48N2O2. The van der Waals surface area contributed by atoms with Crippen molar-refractivity contribution in [2.24, 2.45) is 52.3 Å². The molecule has 0 spiro atoms. The molecule has 0 aromatic carbocycles. The molecule has 4 fully saturated rings. The highest BCUT2D eigenvalue weighted by molar-refractivity contribution is 6.20. The van der Waals surface area contributed by atoms with Gasteiger partial charge in [0.25, 0.3) is 0 Å². The van der Waals surface area contributed by atoms with Gasteiger partial charge in [-0.05, 0) is 110 Å². The SMILES string of the molecule is CC(C)CCC[C@@H](C)[C@H]1CC[C@H]2[C@@H]3CC[C@H]4C[C@@H](OC(=O)C=[N+]=[N-])CC[C@]4(C)[C@H]3CC[C@]12C. The van der Waals surface area contributed by atoms with Crippen LogP contribution in [-0.2, 0) is 9.53 Å². The summed E-state index contributed by atoms with van der Waals surface area (Å²) in [5, 5.41) is 0. The Morgan fingerprint density at radius 2 is 1.73 bits per heavy atom. The van der Waals surface area contributed by atoms with Gasteiger partial charge in [-0.2, -0.15) is 4.79 Å². The molecule has 0 aromatic heterocycles. The number of carbonyl (C=O) groups excluding carboxylic acids is 1.